The number of nitrogens with one attached hydrogen (secondary N) is 1. The molecule has 0 bridgehead atoms. The number of carbonyl (C=O) groups excluding carboxylic acids is 1. The minimum absolute atomic E-state index is 0.106. The molecule has 2 heterocycles. The Morgan fingerprint density at radius 1 is 1.27 bits per heavy atom. The number of rotatable bonds is 2. The van der Waals surface area contributed by atoms with Crippen LogP contribution in [0.25, 0.3) is 0 Å². The lowest BCUT2D eigenvalue weighted by Gasteiger charge is -2.44. The fourth-order valence-corrected chi connectivity index (χ4v) is 3.25. The van der Waals surface area contributed by atoms with Gasteiger partial charge in [0.05, 0.1) is 12.0 Å². The molecule has 0 aromatic heterocycles. The van der Waals surface area contributed by atoms with E-state index in [1.807, 2.05) is 30.3 Å². The Hall–Kier alpha value is -1.69. The molecule has 2 fully saturated rings. The molecule has 120 valence electrons. The van der Waals surface area contributed by atoms with Crippen molar-refractivity contribution in [3.63, 3.8) is 0 Å². The first-order valence-electron chi connectivity index (χ1n) is 7.57. The van der Waals surface area contributed by atoms with E-state index in [-0.39, 0.29) is 6.61 Å². The summed E-state index contributed by atoms with van der Waals surface area (Å²) in [6.07, 6.45) is 0.115. The van der Waals surface area contributed by atoms with Gasteiger partial charge in [-0.1, -0.05) is 30.3 Å². The number of alkyl halides is 2. The zero-order valence-corrected chi connectivity index (χ0v) is 12.4. The van der Waals surface area contributed by atoms with E-state index in [4.69, 9.17) is 4.74 Å². The number of carbonyl (C=O) groups is 1. The summed E-state index contributed by atoms with van der Waals surface area (Å²) in [5.74, 6) is -2.87. The van der Waals surface area contributed by atoms with Crippen LogP contribution in [0.5, 0.6) is 0 Å². The van der Waals surface area contributed by atoms with E-state index in [0.29, 0.717) is 32.5 Å². The Morgan fingerprint density at radius 3 is 2.68 bits per heavy atom. The number of amides is 1. The maximum Gasteiger partial charge on any atom is 0.410 e. The van der Waals surface area contributed by atoms with Crippen LogP contribution in [-0.4, -0.2) is 43.1 Å². The summed E-state index contributed by atoms with van der Waals surface area (Å²) in [4.78, 5) is 13.1. The third-order valence-corrected chi connectivity index (χ3v) is 4.73. The molecule has 2 saturated heterocycles. The van der Waals surface area contributed by atoms with Crippen molar-refractivity contribution in [3.8, 4) is 0 Å². The highest BCUT2D eigenvalue weighted by atomic mass is 19.3. The second-order valence-corrected chi connectivity index (χ2v) is 6.12. The Kier molecular flexibility index (Phi) is 4.04. The van der Waals surface area contributed by atoms with Crippen molar-refractivity contribution in [1.29, 1.82) is 0 Å². The Morgan fingerprint density at radius 2 is 2.05 bits per heavy atom. The quantitative estimate of drug-likeness (QED) is 0.913. The molecule has 3 rings (SSSR count). The van der Waals surface area contributed by atoms with Gasteiger partial charge in [0.1, 0.15) is 6.61 Å². The number of nitrogens with zero attached hydrogens (tertiary/aromatic N) is 1. The molecule has 22 heavy (non-hydrogen) atoms. The van der Waals surface area contributed by atoms with Crippen molar-refractivity contribution < 1.29 is 18.3 Å². The maximum absolute atomic E-state index is 14.4. The topological polar surface area (TPSA) is 41.6 Å². The minimum Gasteiger partial charge on any atom is -0.445 e. The smallest absolute Gasteiger partial charge is 0.410 e. The Labute approximate surface area is 128 Å². The molecule has 1 unspecified atom stereocenters. The predicted octanol–water partition coefficient (Wildman–Crippen LogP) is 2.64. The van der Waals surface area contributed by atoms with Gasteiger partial charge in [0.25, 0.3) is 5.92 Å². The summed E-state index contributed by atoms with van der Waals surface area (Å²) >= 11 is 0. The highest BCUT2D eigenvalue weighted by molar-refractivity contribution is 5.68. The number of benzene rings is 1. The maximum atomic E-state index is 14.4. The highest BCUT2D eigenvalue weighted by Gasteiger charge is 2.58. The van der Waals surface area contributed by atoms with E-state index < -0.39 is 24.0 Å². The van der Waals surface area contributed by atoms with Crippen LogP contribution in [0.4, 0.5) is 13.6 Å². The summed E-state index contributed by atoms with van der Waals surface area (Å²) in [6, 6.07) is 9.21. The molecule has 2 aliphatic heterocycles. The second kappa shape index (κ2) is 5.83. The van der Waals surface area contributed by atoms with Crippen molar-refractivity contribution in [2.45, 2.75) is 25.4 Å². The Balaban J connectivity index is 1.58. The number of hydrogen-bond donors (Lipinski definition) is 1. The molecule has 0 radical (unpaired) electrons. The van der Waals surface area contributed by atoms with Gasteiger partial charge >= 0.3 is 6.09 Å². The van der Waals surface area contributed by atoms with Gasteiger partial charge in [0, 0.05) is 13.1 Å². The van der Waals surface area contributed by atoms with Crippen molar-refractivity contribution >= 4 is 6.09 Å². The van der Waals surface area contributed by atoms with Crippen LogP contribution in [0.15, 0.2) is 30.3 Å². The Bertz CT molecular complexity index is 530. The number of likely N-dealkylation sites (tertiary alicyclic amines) is 1. The molecular formula is C16H20F2N2O2. The van der Waals surface area contributed by atoms with Crippen molar-refractivity contribution in [2.24, 2.45) is 5.41 Å². The number of piperidine rings is 1. The molecule has 6 heteroatoms. The average Bonchev–Trinajstić information content (AvgIpc) is 2.99. The zero-order chi connectivity index (χ0) is 15.6. The number of ether oxygens (including phenoxy) is 1. The molecular weight excluding hydrogens is 290 g/mol. The van der Waals surface area contributed by atoms with Gasteiger partial charge in [-0.25, -0.2) is 13.6 Å². The van der Waals surface area contributed by atoms with E-state index in [2.05, 4.69) is 5.32 Å². The van der Waals surface area contributed by atoms with E-state index in [1.54, 1.807) is 0 Å². The van der Waals surface area contributed by atoms with Gasteiger partial charge in [-0.15, -0.1) is 0 Å². The summed E-state index contributed by atoms with van der Waals surface area (Å²) < 4.78 is 34.0. The van der Waals surface area contributed by atoms with Crippen LogP contribution in [0.2, 0.25) is 0 Å². The van der Waals surface area contributed by atoms with E-state index >= 15 is 0 Å². The lowest BCUT2D eigenvalue weighted by atomic mass is 9.74. The minimum atomic E-state index is -2.87. The van der Waals surface area contributed by atoms with E-state index in [9.17, 15) is 13.6 Å². The van der Waals surface area contributed by atoms with Gasteiger partial charge in [0.15, 0.2) is 0 Å². The van der Waals surface area contributed by atoms with Gasteiger partial charge in [-0.2, -0.15) is 0 Å². The monoisotopic (exact) mass is 310 g/mol. The van der Waals surface area contributed by atoms with Gasteiger partial charge in [0.2, 0.25) is 0 Å². The van der Waals surface area contributed by atoms with Crippen molar-refractivity contribution in [2.75, 3.05) is 26.2 Å². The van der Waals surface area contributed by atoms with Gasteiger partial charge < -0.3 is 15.0 Å². The third-order valence-electron chi connectivity index (χ3n) is 4.73. The second-order valence-electron chi connectivity index (χ2n) is 6.12. The number of hydrogen-bond acceptors (Lipinski definition) is 3. The lowest BCUT2D eigenvalue weighted by Crippen LogP contribution is -2.57. The van der Waals surface area contributed by atoms with Crippen LogP contribution >= 0.6 is 0 Å². The molecule has 4 nitrogen and oxygen atoms in total. The van der Waals surface area contributed by atoms with Crippen molar-refractivity contribution in [3.05, 3.63) is 35.9 Å². The molecule has 1 N–H and O–H groups in total. The molecule has 1 spiro atoms. The fraction of sp³-hybridized carbons (Fsp3) is 0.562. The first-order valence-corrected chi connectivity index (χ1v) is 7.57. The summed E-state index contributed by atoms with van der Waals surface area (Å²) in [6.45, 7) is 0.822. The SMILES string of the molecule is O=C(OCc1ccccc1)N1CCC2(CCNC2)C(F)(F)C1. The molecule has 1 aromatic rings. The fourth-order valence-electron chi connectivity index (χ4n) is 3.25. The zero-order valence-electron chi connectivity index (χ0n) is 12.4. The molecule has 0 saturated carbocycles. The summed E-state index contributed by atoms with van der Waals surface area (Å²) in [5.41, 5.74) is -0.153. The molecule has 2 aliphatic rings. The highest BCUT2D eigenvalue weighted by Crippen LogP contribution is 2.47. The van der Waals surface area contributed by atoms with Crippen LogP contribution in [-0.2, 0) is 11.3 Å². The van der Waals surface area contributed by atoms with Gasteiger partial charge in [-0.3, -0.25) is 0 Å². The van der Waals surface area contributed by atoms with E-state index in [0.717, 1.165) is 10.5 Å². The summed E-state index contributed by atoms with van der Waals surface area (Å²) in [5, 5.41) is 3.01. The lowest BCUT2D eigenvalue weighted by molar-refractivity contribution is -0.155. The van der Waals surface area contributed by atoms with Crippen molar-refractivity contribution in [1.82, 2.24) is 10.2 Å². The van der Waals surface area contributed by atoms with Gasteiger partial charge in [-0.05, 0) is 24.9 Å². The largest absolute Gasteiger partial charge is 0.445 e. The first-order chi connectivity index (χ1) is 10.5. The predicted molar refractivity (Wildman–Crippen MR) is 77.7 cm³/mol. The molecule has 1 aromatic carbocycles. The summed E-state index contributed by atoms with van der Waals surface area (Å²) in [7, 11) is 0. The van der Waals surface area contributed by atoms with Crippen LogP contribution in [0, 0.1) is 5.41 Å². The normalized spacial score (nSPS) is 27.1. The molecule has 0 aliphatic carbocycles. The van der Waals surface area contributed by atoms with Crippen LogP contribution < -0.4 is 5.32 Å². The first kappa shape index (κ1) is 15.2. The van der Waals surface area contributed by atoms with Crippen LogP contribution in [0.1, 0.15) is 18.4 Å². The van der Waals surface area contributed by atoms with E-state index in [1.165, 1.54) is 0 Å². The molecule has 1 amide bonds. The number of halogens is 2. The average molecular weight is 310 g/mol. The van der Waals surface area contributed by atoms with Crippen LogP contribution in [0.3, 0.4) is 0 Å². The molecule has 1 atom stereocenters. The third kappa shape index (κ3) is 2.79. The standard InChI is InChI=1S/C16H20F2N2O2/c17-16(18)12-20(9-7-15(16)6-8-19-11-15)14(21)22-10-13-4-2-1-3-5-13/h1-5,19H,6-12H2.